The molecule has 180 valence electrons. The molecule has 0 atom stereocenters. The van der Waals surface area contributed by atoms with E-state index in [0.29, 0.717) is 23.0 Å². The molecular formula is C26H26FN5O2S. The van der Waals surface area contributed by atoms with Gasteiger partial charge in [-0.1, -0.05) is 12.6 Å². The van der Waals surface area contributed by atoms with E-state index in [9.17, 15) is 4.79 Å². The van der Waals surface area contributed by atoms with Gasteiger partial charge in [0.1, 0.15) is 5.82 Å². The van der Waals surface area contributed by atoms with E-state index in [2.05, 4.69) is 26.8 Å². The van der Waals surface area contributed by atoms with Gasteiger partial charge in [-0.05, 0) is 50.0 Å². The standard InChI is InChI=1S/C26H26FN5O2S/c1-3-23(33)29-20-6-4-5-19(24(20)27)25-18-7-10-32(15-17-8-11-34-12-9-17)21(18)13-22(30-25)31-26-28-14-16(2)35-26/h3-7,10,13-14,17H,1,8-9,11-12,15H2,2H3,(H,29,33)(H,28,30,31). The molecule has 0 radical (unpaired) electrons. The minimum absolute atomic E-state index is 0.0814. The van der Waals surface area contributed by atoms with Gasteiger partial charge in [0.2, 0.25) is 5.91 Å². The quantitative estimate of drug-likeness (QED) is 0.315. The van der Waals surface area contributed by atoms with E-state index in [-0.39, 0.29) is 5.69 Å². The molecule has 1 amide bonds. The minimum Gasteiger partial charge on any atom is -0.381 e. The van der Waals surface area contributed by atoms with Crippen LogP contribution in [0.5, 0.6) is 0 Å². The Morgan fingerprint density at radius 3 is 2.91 bits per heavy atom. The van der Waals surface area contributed by atoms with Crippen LogP contribution in [0.2, 0.25) is 0 Å². The number of anilines is 3. The fourth-order valence-electron chi connectivity index (χ4n) is 4.34. The number of hydrogen-bond acceptors (Lipinski definition) is 6. The van der Waals surface area contributed by atoms with Crippen LogP contribution in [0.25, 0.3) is 22.2 Å². The first-order chi connectivity index (χ1) is 17.0. The van der Waals surface area contributed by atoms with Crippen LogP contribution in [-0.4, -0.2) is 33.7 Å². The van der Waals surface area contributed by atoms with Crippen LogP contribution in [0.3, 0.4) is 0 Å². The number of carbonyl (C=O) groups excluding carboxylic acids is 1. The lowest BCUT2D eigenvalue weighted by Gasteiger charge is -2.23. The number of aromatic nitrogens is 3. The van der Waals surface area contributed by atoms with Gasteiger partial charge in [-0.25, -0.2) is 14.4 Å². The van der Waals surface area contributed by atoms with Crippen LogP contribution >= 0.6 is 11.3 Å². The highest BCUT2D eigenvalue weighted by Crippen LogP contribution is 2.35. The maximum atomic E-state index is 15.6. The molecule has 9 heteroatoms. The zero-order valence-corrected chi connectivity index (χ0v) is 20.2. The number of carbonyl (C=O) groups is 1. The monoisotopic (exact) mass is 491 g/mol. The zero-order chi connectivity index (χ0) is 24.4. The molecule has 1 aliphatic heterocycles. The second-order valence-electron chi connectivity index (χ2n) is 8.57. The molecule has 0 aliphatic carbocycles. The molecule has 1 saturated heterocycles. The Morgan fingerprint density at radius 2 is 2.17 bits per heavy atom. The number of fused-ring (bicyclic) bond motifs is 1. The Morgan fingerprint density at radius 1 is 1.34 bits per heavy atom. The van der Waals surface area contributed by atoms with Gasteiger partial charge in [0, 0.05) is 54.0 Å². The molecule has 4 aromatic rings. The van der Waals surface area contributed by atoms with Crippen LogP contribution in [0, 0.1) is 18.7 Å². The van der Waals surface area contributed by atoms with Crippen molar-refractivity contribution in [2.24, 2.45) is 5.92 Å². The topological polar surface area (TPSA) is 81.1 Å². The average molecular weight is 492 g/mol. The van der Waals surface area contributed by atoms with Crippen molar-refractivity contribution in [2.75, 3.05) is 23.8 Å². The second-order valence-corrected chi connectivity index (χ2v) is 9.81. The Kier molecular flexibility index (Phi) is 6.61. The first-order valence-electron chi connectivity index (χ1n) is 11.5. The van der Waals surface area contributed by atoms with Crippen LogP contribution in [-0.2, 0) is 16.1 Å². The summed E-state index contributed by atoms with van der Waals surface area (Å²) < 4.78 is 23.3. The molecule has 0 saturated carbocycles. The molecule has 7 nitrogen and oxygen atoms in total. The summed E-state index contributed by atoms with van der Waals surface area (Å²) in [6.45, 7) is 7.84. The van der Waals surface area contributed by atoms with Crippen molar-refractivity contribution in [2.45, 2.75) is 26.3 Å². The zero-order valence-electron chi connectivity index (χ0n) is 19.4. The second kappa shape index (κ2) is 9.97. The van der Waals surface area contributed by atoms with Gasteiger partial charge in [0.15, 0.2) is 10.9 Å². The molecule has 35 heavy (non-hydrogen) atoms. The number of nitrogens with one attached hydrogen (secondary N) is 2. The number of benzene rings is 1. The normalized spacial score (nSPS) is 14.2. The van der Waals surface area contributed by atoms with E-state index in [1.165, 1.54) is 17.4 Å². The summed E-state index contributed by atoms with van der Waals surface area (Å²) in [6, 6.07) is 8.86. The maximum absolute atomic E-state index is 15.6. The van der Waals surface area contributed by atoms with E-state index in [0.717, 1.165) is 59.6 Å². The van der Waals surface area contributed by atoms with E-state index in [4.69, 9.17) is 9.72 Å². The number of ether oxygens (including phenoxy) is 1. The summed E-state index contributed by atoms with van der Waals surface area (Å²) in [5, 5.41) is 7.37. The number of amides is 1. The highest BCUT2D eigenvalue weighted by Gasteiger charge is 2.20. The summed E-state index contributed by atoms with van der Waals surface area (Å²) in [6.07, 6.45) is 6.97. The summed E-state index contributed by atoms with van der Waals surface area (Å²) in [7, 11) is 0. The number of hydrogen-bond donors (Lipinski definition) is 2. The van der Waals surface area contributed by atoms with E-state index in [1.807, 2.05) is 25.3 Å². The fraction of sp³-hybridized carbons (Fsp3) is 0.269. The molecule has 1 fully saturated rings. The Bertz CT molecular complexity index is 1390. The molecule has 0 unspecified atom stereocenters. The molecule has 5 rings (SSSR count). The third-order valence-corrected chi connectivity index (χ3v) is 6.94. The number of pyridine rings is 1. The molecule has 0 spiro atoms. The fourth-order valence-corrected chi connectivity index (χ4v) is 5.01. The first kappa shape index (κ1) is 23.2. The molecule has 4 heterocycles. The van der Waals surface area contributed by atoms with Gasteiger partial charge in [0.05, 0.1) is 16.9 Å². The Balaban J connectivity index is 1.61. The number of thiazole rings is 1. The first-order valence-corrected chi connectivity index (χ1v) is 12.3. The predicted molar refractivity (Wildman–Crippen MR) is 138 cm³/mol. The van der Waals surface area contributed by atoms with Gasteiger partial charge in [0.25, 0.3) is 0 Å². The molecule has 1 aliphatic rings. The van der Waals surface area contributed by atoms with Crippen LogP contribution in [0.1, 0.15) is 17.7 Å². The number of nitrogens with zero attached hydrogens (tertiary/aromatic N) is 3. The predicted octanol–water partition coefficient (Wildman–Crippen LogP) is 5.90. The highest BCUT2D eigenvalue weighted by atomic mass is 32.1. The smallest absolute Gasteiger partial charge is 0.247 e. The lowest BCUT2D eigenvalue weighted by atomic mass is 10.0. The van der Waals surface area contributed by atoms with Crippen molar-refractivity contribution < 1.29 is 13.9 Å². The van der Waals surface area contributed by atoms with Gasteiger partial charge in [-0.2, -0.15) is 0 Å². The van der Waals surface area contributed by atoms with Crippen LogP contribution < -0.4 is 10.6 Å². The Hall–Kier alpha value is -3.56. The van der Waals surface area contributed by atoms with Gasteiger partial charge in [-0.3, -0.25) is 4.79 Å². The summed E-state index contributed by atoms with van der Waals surface area (Å²) >= 11 is 1.53. The van der Waals surface area contributed by atoms with Gasteiger partial charge >= 0.3 is 0 Å². The summed E-state index contributed by atoms with van der Waals surface area (Å²) in [4.78, 5) is 22.1. The summed E-state index contributed by atoms with van der Waals surface area (Å²) in [5.74, 6) is 0.0733. The molecule has 3 aromatic heterocycles. The highest BCUT2D eigenvalue weighted by molar-refractivity contribution is 7.15. The van der Waals surface area contributed by atoms with E-state index in [1.54, 1.807) is 18.3 Å². The van der Waals surface area contributed by atoms with Gasteiger partial charge < -0.3 is 19.9 Å². The number of halogens is 1. The van der Waals surface area contributed by atoms with Crippen molar-refractivity contribution in [3.63, 3.8) is 0 Å². The van der Waals surface area contributed by atoms with Crippen molar-refractivity contribution >= 4 is 44.8 Å². The maximum Gasteiger partial charge on any atom is 0.247 e. The van der Waals surface area contributed by atoms with Crippen molar-refractivity contribution in [1.82, 2.24) is 14.5 Å². The van der Waals surface area contributed by atoms with Gasteiger partial charge in [-0.15, -0.1) is 11.3 Å². The molecule has 2 N–H and O–H groups in total. The largest absolute Gasteiger partial charge is 0.381 e. The minimum atomic E-state index is -0.545. The number of aryl methyl sites for hydroxylation is 1. The third-order valence-electron chi connectivity index (χ3n) is 6.12. The average Bonchev–Trinajstić information content (AvgIpc) is 3.46. The van der Waals surface area contributed by atoms with E-state index >= 15 is 4.39 Å². The lowest BCUT2D eigenvalue weighted by molar-refractivity contribution is -0.111. The van der Waals surface area contributed by atoms with E-state index < -0.39 is 11.7 Å². The lowest BCUT2D eigenvalue weighted by Crippen LogP contribution is -2.20. The molecule has 0 bridgehead atoms. The SMILES string of the molecule is C=CC(=O)Nc1cccc(-c2nc(Nc3ncc(C)s3)cc3c2ccn3CC2CCOCC2)c1F. The Labute approximate surface area is 206 Å². The molecular weight excluding hydrogens is 465 g/mol. The van der Waals surface area contributed by atoms with Crippen LogP contribution in [0.15, 0.2) is 55.4 Å². The van der Waals surface area contributed by atoms with Crippen LogP contribution in [0.4, 0.5) is 21.0 Å². The third kappa shape index (κ3) is 4.96. The molecule has 1 aromatic carbocycles. The van der Waals surface area contributed by atoms with Crippen molar-refractivity contribution in [3.8, 4) is 11.3 Å². The van der Waals surface area contributed by atoms with Crippen molar-refractivity contribution in [1.29, 1.82) is 0 Å². The summed E-state index contributed by atoms with van der Waals surface area (Å²) in [5.41, 5.74) is 1.84. The number of rotatable bonds is 7. The van der Waals surface area contributed by atoms with Crippen molar-refractivity contribution in [3.05, 3.63) is 66.1 Å².